The van der Waals surface area contributed by atoms with E-state index in [1.54, 1.807) is 13.0 Å². The topological polar surface area (TPSA) is 127 Å². The van der Waals surface area contributed by atoms with Gasteiger partial charge in [0, 0.05) is 12.3 Å². The SMILES string of the molecule is CCC(C)(NC(=O)c1ccn(-c2ccccc2[N+](=O)[O-])n1)C(=O)O. The van der Waals surface area contributed by atoms with Gasteiger partial charge in [0.15, 0.2) is 5.69 Å². The maximum absolute atomic E-state index is 12.2. The van der Waals surface area contributed by atoms with Crippen LogP contribution in [0, 0.1) is 10.1 Å². The third kappa shape index (κ3) is 3.24. The van der Waals surface area contributed by atoms with Gasteiger partial charge in [0.25, 0.3) is 11.6 Å². The number of carboxylic acid groups (broad SMARTS) is 1. The lowest BCUT2D eigenvalue weighted by Crippen LogP contribution is -2.51. The molecular formula is C15H16N4O5. The lowest BCUT2D eigenvalue weighted by Gasteiger charge is -2.23. The number of carbonyl (C=O) groups excluding carboxylic acids is 1. The maximum atomic E-state index is 12.2. The quantitative estimate of drug-likeness (QED) is 0.613. The van der Waals surface area contributed by atoms with Crippen LogP contribution in [0.5, 0.6) is 0 Å². The first-order valence-corrected chi connectivity index (χ1v) is 7.14. The standard InChI is InChI=1S/C15H16N4O5/c1-3-15(2,14(21)22)16-13(20)10-8-9-18(17-10)11-6-4-5-7-12(11)19(23)24/h4-9H,3H2,1-2H3,(H,16,20)(H,21,22). The number of para-hydroxylation sites is 2. The Morgan fingerprint density at radius 3 is 2.62 bits per heavy atom. The van der Waals surface area contributed by atoms with Crippen molar-refractivity contribution in [2.75, 3.05) is 0 Å². The molecule has 0 spiro atoms. The molecule has 9 nitrogen and oxygen atoms in total. The van der Waals surface area contributed by atoms with Gasteiger partial charge >= 0.3 is 5.97 Å². The number of aromatic nitrogens is 2. The predicted molar refractivity (Wildman–Crippen MR) is 84.0 cm³/mol. The van der Waals surface area contributed by atoms with Crippen LogP contribution in [-0.4, -0.2) is 37.2 Å². The summed E-state index contributed by atoms with van der Waals surface area (Å²) in [4.78, 5) is 34.0. The van der Waals surface area contributed by atoms with Gasteiger partial charge in [0.2, 0.25) is 0 Å². The molecule has 9 heteroatoms. The van der Waals surface area contributed by atoms with E-state index in [2.05, 4.69) is 10.4 Å². The third-order valence-electron chi connectivity index (χ3n) is 3.72. The number of carbonyl (C=O) groups is 2. The van der Waals surface area contributed by atoms with Gasteiger partial charge in [0.05, 0.1) is 4.92 Å². The highest BCUT2D eigenvalue weighted by Crippen LogP contribution is 2.21. The van der Waals surface area contributed by atoms with E-state index in [1.165, 1.54) is 42.1 Å². The van der Waals surface area contributed by atoms with Crippen LogP contribution in [0.25, 0.3) is 5.69 Å². The summed E-state index contributed by atoms with van der Waals surface area (Å²) in [7, 11) is 0. The van der Waals surface area contributed by atoms with Crippen molar-refractivity contribution < 1.29 is 19.6 Å². The number of amides is 1. The van der Waals surface area contributed by atoms with E-state index < -0.39 is 22.3 Å². The van der Waals surface area contributed by atoms with E-state index in [9.17, 15) is 24.8 Å². The van der Waals surface area contributed by atoms with Crippen LogP contribution < -0.4 is 5.32 Å². The van der Waals surface area contributed by atoms with Crippen molar-refractivity contribution in [1.82, 2.24) is 15.1 Å². The monoisotopic (exact) mass is 332 g/mol. The van der Waals surface area contributed by atoms with E-state index in [1.807, 2.05) is 0 Å². The van der Waals surface area contributed by atoms with Crippen LogP contribution in [-0.2, 0) is 4.79 Å². The van der Waals surface area contributed by atoms with Gasteiger partial charge in [-0.15, -0.1) is 0 Å². The number of nitro benzene ring substituents is 1. The molecule has 126 valence electrons. The summed E-state index contributed by atoms with van der Waals surface area (Å²) in [5, 5.41) is 26.7. The third-order valence-corrected chi connectivity index (χ3v) is 3.72. The zero-order valence-electron chi connectivity index (χ0n) is 13.1. The minimum atomic E-state index is -1.42. The zero-order valence-corrected chi connectivity index (χ0v) is 13.1. The Labute approximate surface area is 137 Å². The van der Waals surface area contributed by atoms with Crippen molar-refractivity contribution in [2.45, 2.75) is 25.8 Å². The molecule has 1 aromatic carbocycles. The Morgan fingerprint density at radius 2 is 2.04 bits per heavy atom. The van der Waals surface area contributed by atoms with Crippen LogP contribution >= 0.6 is 0 Å². The normalized spacial score (nSPS) is 13.1. The molecule has 0 bridgehead atoms. The number of carboxylic acids is 1. The number of nitro groups is 1. The number of aliphatic carboxylic acids is 1. The van der Waals surface area contributed by atoms with E-state index in [0.717, 1.165) is 0 Å². The van der Waals surface area contributed by atoms with Crippen LogP contribution in [0.1, 0.15) is 30.8 Å². The second-order valence-electron chi connectivity index (χ2n) is 5.34. The predicted octanol–water partition coefficient (Wildman–Crippen LogP) is 1.76. The molecule has 1 heterocycles. The number of benzene rings is 1. The molecular weight excluding hydrogens is 316 g/mol. The minimum Gasteiger partial charge on any atom is -0.480 e. The van der Waals surface area contributed by atoms with Crippen LogP contribution in [0.2, 0.25) is 0 Å². The van der Waals surface area contributed by atoms with Gasteiger partial charge in [0.1, 0.15) is 11.2 Å². The van der Waals surface area contributed by atoms with E-state index in [-0.39, 0.29) is 23.5 Å². The summed E-state index contributed by atoms with van der Waals surface area (Å²) in [5.74, 6) is -1.82. The molecule has 1 amide bonds. The summed E-state index contributed by atoms with van der Waals surface area (Å²) in [5.41, 5.74) is -1.40. The average Bonchev–Trinajstić information content (AvgIpc) is 3.04. The van der Waals surface area contributed by atoms with E-state index in [0.29, 0.717) is 0 Å². The number of hydrogen-bond acceptors (Lipinski definition) is 5. The lowest BCUT2D eigenvalue weighted by molar-refractivity contribution is -0.384. The van der Waals surface area contributed by atoms with Crippen molar-refractivity contribution in [1.29, 1.82) is 0 Å². The van der Waals surface area contributed by atoms with Crippen LogP contribution in [0.3, 0.4) is 0 Å². The van der Waals surface area contributed by atoms with Gasteiger partial charge in [-0.25, -0.2) is 9.48 Å². The molecule has 0 saturated heterocycles. The van der Waals surface area contributed by atoms with Crippen LogP contribution in [0.15, 0.2) is 36.5 Å². The smallest absolute Gasteiger partial charge is 0.329 e. The van der Waals surface area contributed by atoms with Crippen molar-refractivity contribution in [2.24, 2.45) is 0 Å². The average molecular weight is 332 g/mol. The molecule has 0 aliphatic rings. The molecule has 2 rings (SSSR count). The first-order chi connectivity index (χ1) is 11.3. The highest BCUT2D eigenvalue weighted by molar-refractivity contribution is 5.96. The van der Waals surface area contributed by atoms with E-state index >= 15 is 0 Å². The molecule has 2 N–H and O–H groups in total. The molecule has 1 atom stereocenters. The summed E-state index contributed by atoms with van der Waals surface area (Å²) >= 11 is 0. The Bertz CT molecular complexity index is 801. The minimum absolute atomic E-state index is 0.0333. The van der Waals surface area contributed by atoms with Gasteiger partial charge in [-0.3, -0.25) is 14.9 Å². The lowest BCUT2D eigenvalue weighted by atomic mass is 9.99. The summed E-state index contributed by atoms with van der Waals surface area (Å²) < 4.78 is 1.21. The Kier molecular flexibility index (Phi) is 4.63. The Hall–Kier alpha value is -3.23. The van der Waals surface area contributed by atoms with E-state index in [4.69, 9.17) is 0 Å². The molecule has 0 aliphatic carbocycles. The molecule has 0 saturated carbocycles. The number of hydrogen-bond donors (Lipinski definition) is 2. The van der Waals surface area contributed by atoms with Crippen molar-refractivity contribution >= 4 is 17.6 Å². The maximum Gasteiger partial charge on any atom is 0.329 e. The molecule has 24 heavy (non-hydrogen) atoms. The first kappa shape index (κ1) is 17.1. The molecule has 0 aliphatic heterocycles. The second kappa shape index (κ2) is 6.49. The fourth-order valence-corrected chi connectivity index (χ4v) is 2.00. The molecule has 1 unspecified atom stereocenters. The fraction of sp³-hybridized carbons (Fsp3) is 0.267. The zero-order chi connectivity index (χ0) is 17.9. The second-order valence-corrected chi connectivity index (χ2v) is 5.34. The number of nitrogens with one attached hydrogen (secondary N) is 1. The highest BCUT2D eigenvalue weighted by atomic mass is 16.6. The fourth-order valence-electron chi connectivity index (χ4n) is 2.00. The molecule has 0 radical (unpaired) electrons. The number of rotatable bonds is 6. The van der Waals surface area contributed by atoms with Crippen molar-refractivity contribution in [3.63, 3.8) is 0 Å². The van der Waals surface area contributed by atoms with Gasteiger partial charge in [-0.1, -0.05) is 19.1 Å². The highest BCUT2D eigenvalue weighted by Gasteiger charge is 2.33. The molecule has 2 aromatic rings. The van der Waals surface area contributed by atoms with Gasteiger partial charge in [-0.2, -0.15) is 5.10 Å². The first-order valence-electron chi connectivity index (χ1n) is 7.14. The van der Waals surface area contributed by atoms with Gasteiger partial charge < -0.3 is 10.4 Å². The number of nitrogens with zero attached hydrogens (tertiary/aromatic N) is 3. The Balaban J connectivity index is 2.30. The summed E-state index contributed by atoms with van der Waals surface area (Å²) in [6.07, 6.45) is 1.60. The summed E-state index contributed by atoms with van der Waals surface area (Å²) in [6.45, 7) is 3.03. The van der Waals surface area contributed by atoms with Crippen molar-refractivity contribution in [3.8, 4) is 5.69 Å². The summed E-state index contributed by atoms with van der Waals surface area (Å²) in [6, 6.07) is 7.33. The Morgan fingerprint density at radius 1 is 1.38 bits per heavy atom. The van der Waals surface area contributed by atoms with Gasteiger partial charge in [-0.05, 0) is 25.5 Å². The van der Waals surface area contributed by atoms with Crippen molar-refractivity contribution in [3.05, 3.63) is 52.3 Å². The molecule has 0 fully saturated rings. The molecule has 1 aromatic heterocycles. The largest absolute Gasteiger partial charge is 0.480 e. The van der Waals surface area contributed by atoms with Crippen LogP contribution in [0.4, 0.5) is 5.69 Å².